The summed E-state index contributed by atoms with van der Waals surface area (Å²) in [6.07, 6.45) is -3.78. The van der Waals surface area contributed by atoms with E-state index in [9.17, 15) is 13.2 Å². The van der Waals surface area contributed by atoms with Crippen molar-refractivity contribution in [2.75, 3.05) is 33.3 Å². The van der Waals surface area contributed by atoms with E-state index in [-0.39, 0.29) is 42.5 Å². The Hall–Kier alpha value is -0.890. The maximum atomic E-state index is 12.6. The Balaban J connectivity index is 0.00000312. The Labute approximate surface area is 165 Å². The van der Waals surface area contributed by atoms with Gasteiger partial charge in [-0.25, -0.2) is 0 Å². The Morgan fingerprint density at radius 3 is 2.31 bits per heavy atom. The molecule has 2 atom stereocenters. The zero-order valence-electron chi connectivity index (χ0n) is 15.1. The minimum Gasteiger partial charge on any atom is -0.496 e. The van der Waals surface area contributed by atoms with Crippen LogP contribution in [0.25, 0.3) is 0 Å². The standard InChI is InChI=1S/C17H25F3N2O2.2ClH/c1-4-12(2)16(22-9-7-21-8-10-22)14-11-13(24-17(18,19)20)5-6-15(14)23-3;;/h5-6,11-12,16,21H,4,7-10H2,1-3H3;2*1H/t12?,16-;;/m0../s1. The average molecular weight is 419 g/mol. The van der Waals surface area contributed by atoms with Crippen LogP contribution in [0.15, 0.2) is 18.2 Å². The first-order chi connectivity index (χ1) is 11.4. The summed E-state index contributed by atoms with van der Waals surface area (Å²) in [6.45, 7) is 7.64. The van der Waals surface area contributed by atoms with Crippen molar-refractivity contribution < 1.29 is 22.6 Å². The molecule has 1 unspecified atom stereocenters. The number of hydrogen-bond acceptors (Lipinski definition) is 4. The van der Waals surface area contributed by atoms with E-state index in [1.165, 1.54) is 19.2 Å². The average Bonchev–Trinajstić information content (AvgIpc) is 2.54. The molecule has 0 amide bonds. The number of nitrogens with zero attached hydrogens (tertiary/aromatic N) is 1. The maximum Gasteiger partial charge on any atom is 0.573 e. The summed E-state index contributed by atoms with van der Waals surface area (Å²) in [5, 5.41) is 3.30. The molecule has 0 saturated carbocycles. The minimum atomic E-state index is -4.70. The van der Waals surface area contributed by atoms with Gasteiger partial charge in [0, 0.05) is 37.8 Å². The molecule has 1 aromatic rings. The summed E-state index contributed by atoms with van der Waals surface area (Å²) < 4.78 is 47.2. The number of piperazine rings is 1. The number of ether oxygens (including phenoxy) is 2. The number of alkyl halides is 3. The quantitative estimate of drug-likeness (QED) is 0.740. The second-order valence-electron chi connectivity index (χ2n) is 6.07. The van der Waals surface area contributed by atoms with E-state index in [1.54, 1.807) is 6.07 Å². The van der Waals surface area contributed by atoms with Gasteiger partial charge in [0.25, 0.3) is 0 Å². The fourth-order valence-corrected chi connectivity index (χ4v) is 3.19. The molecule has 0 spiro atoms. The zero-order valence-corrected chi connectivity index (χ0v) is 16.8. The van der Waals surface area contributed by atoms with Crippen LogP contribution in [0.5, 0.6) is 11.5 Å². The van der Waals surface area contributed by atoms with Crippen LogP contribution < -0.4 is 14.8 Å². The van der Waals surface area contributed by atoms with Gasteiger partial charge < -0.3 is 14.8 Å². The highest BCUT2D eigenvalue weighted by Gasteiger charge is 2.33. The molecule has 9 heteroatoms. The first-order valence-electron chi connectivity index (χ1n) is 8.24. The molecule has 26 heavy (non-hydrogen) atoms. The zero-order chi connectivity index (χ0) is 17.7. The molecule has 1 N–H and O–H groups in total. The Bertz CT molecular complexity index is 541. The van der Waals surface area contributed by atoms with Gasteiger partial charge in [-0.1, -0.05) is 20.3 Å². The maximum absolute atomic E-state index is 12.6. The fourth-order valence-electron chi connectivity index (χ4n) is 3.19. The molecule has 1 saturated heterocycles. The van der Waals surface area contributed by atoms with Crippen LogP contribution in [0.3, 0.4) is 0 Å². The topological polar surface area (TPSA) is 33.7 Å². The molecule has 0 bridgehead atoms. The van der Waals surface area contributed by atoms with Crippen LogP contribution in [0, 0.1) is 5.92 Å². The third kappa shape index (κ3) is 6.68. The minimum absolute atomic E-state index is 0. The third-order valence-corrected chi connectivity index (χ3v) is 4.48. The van der Waals surface area contributed by atoms with E-state index >= 15 is 0 Å². The SMILES string of the molecule is CCC(C)[C@@H](c1cc(OC(F)(F)F)ccc1OC)N1CCNCC1.Cl.Cl. The lowest BCUT2D eigenvalue weighted by Gasteiger charge is -2.39. The predicted molar refractivity (Wildman–Crippen MR) is 101 cm³/mol. The van der Waals surface area contributed by atoms with Crippen molar-refractivity contribution in [2.45, 2.75) is 32.7 Å². The first kappa shape index (κ1) is 25.1. The number of halogens is 5. The monoisotopic (exact) mass is 418 g/mol. The van der Waals surface area contributed by atoms with Gasteiger partial charge in [-0.15, -0.1) is 38.0 Å². The van der Waals surface area contributed by atoms with Gasteiger partial charge in [0.15, 0.2) is 0 Å². The summed E-state index contributed by atoms with van der Waals surface area (Å²) in [4.78, 5) is 2.31. The summed E-state index contributed by atoms with van der Waals surface area (Å²) in [6, 6.07) is 4.30. The highest BCUT2D eigenvalue weighted by molar-refractivity contribution is 5.85. The molecule has 2 rings (SSSR count). The number of nitrogens with one attached hydrogen (secondary N) is 1. The van der Waals surface area contributed by atoms with Crippen molar-refractivity contribution in [1.82, 2.24) is 10.2 Å². The van der Waals surface area contributed by atoms with Crippen molar-refractivity contribution in [3.8, 4) is 11.5 Å². The van der Waals surface area contributed by atoms with Crippen LogP contribution in [-0.4, -0.2) is 44.6 Å². The Morgan fingerprint density at radius 1 is 1.19 bits per heavy atom. The summed E-state index contributed by atoms with van der Waals surface area (Å²) in [5.41, 5.74) is 0.746. The van der Waals surface area contributed by atoms with E-state index in [0.29, 0.717) is 5.75 Å². The van der Waals surface area contributed by atoms with Gasteiger partial charge in [-0.2, -0.15) is 0 Å². The molecule has 1 fully saturated rings. The second-order valence-corrected chi connectivity index (χ2v) is 6.07. The van der Waals surface area contributed by atoms with Crippen LogP contribution in [-0.2, 0) is 0 Å². The van der Waals surface area contributed by atoms with Gasteiger partial charge in [0.1, 0.15) is 11.5 Å². The van der Waals surface area contributed by atoms with Crippen molar-refractivity contribution in [1.29, 1.82) is 0 Å². The molecule has 0 aliphatic carbocycles. The number of methoxy groups -OCH3 is 1. The van der Waals surface area contributed by atoms with E-state index in [4.69, 9.17) is 4.74 Å². The fraction of sp³-hybridized carbons (Fsp3) is 0.647. The molecule has 0 aromatic heterocycles. The molecule has 1 aromatic carbocycles. The van der Waals surface area contributed by atoms with Gasteiger partial charge in [0.05, 0.1) is 7.11 Å². The molecular weight excluding hydrogens is 392 g/mol. The summed E-state index contributed by atoms with van der Waals surface area (Å²) in [7, 11) is 1.54. The van der Waals surface area contributed by atoms with Crippen LogP contribution >= 0.6 is 24.8 Å². The second kappa shape index (κ2) is 11.1. The van der Waals surface area contributed by atoms with E-state index in [2.05, 4.69) is 28.8 Å². The lowest BCUT2D eigenvalue weighted by atomic mass is 9.89. The molecule has 0 radical (unpaired) electrons. The summed E-state index contributed by atoms with van der Waals surface area (Å²) >= 11 is 0. The van der Waals surface area contributed by atoms with Gasteiger partial charge >= 0.3 is 6.36 Å². The van der Waals surface area contributed by atoms with E-state index in [1.807, 2.05) is 0 Å². The molecule has 152 valence electrons. The Kier molecular flexibility index (Phi) is 10.7. The van der Waals surface area contributed by atoms with E-state index < -0.39 is 6.36 Å². The van der Waals surface area contributed by atoms with Gasteiger partial charge in [-0.05, 0) is 24.1 Å². The smallest absolute Gasteiger partial charge is 0.496 e. The van der Waals surface area contributed by atoms with E-state index in [0.717, 1.165) is 38.2 Å². The molecule has 1 heterocycles. The van der Waals surface area contributed by atoms with Crippen molar-refractivity contribution >= 4 is 24.8 Å². The molecule has 1 aliphatic rings. The van der Waals surface area contributed by atoms with Crippen LogP contribution in [0.4, 0.5) is 13.2 Å². The number of hydrogen-bond donors (Lipinski definition) is 1. The lowest BCUT2D eigenvalue weighted by Crippen LogP contribution is -2.46. The van der Waals surface area contributed by atoms with Crippen molar-refractivity contribution in [3.05, 3.63) is 23.8 Å². The molecule has 4 nitrogen and oxygen atoms in total. The first-order valence-corrected chi connectivity index (χ1v) is 8.24. The highest BCUT2D eigenvalue weighted by atomic mass is 35.5. The molecule has 1 aliphatic heterocycles. The lowest BCUT2D eigenvalue weighted by molar-refractivity contribution is -0.274. The number of benzene rings is 1. The largest absolute Gasteiger partial charge is 0.573 e. The van der Waals surface area contributed by atoms with Crippen LogP contribution in [0.2, 0.25) is 0 Å². The molecular formula is C17H27Cl2F3N2O2. The van der Waals surface area contributed by atoms with Gasteiger partial charge in [0.2, 0.25) is 0 Å². The highest BCUT2D eigenvalue weighted by Crippen LogP contribution is 2.39. The predicted octanol–water partition coefficient (Wildman–Crippen LogP) is 4.43. The van der Waals surface area contributed by atoms with Crippen LogP contribution in [0.1, 0.15) is 31.9 Å². The Morgan fingerprint density at radius 2 is 1.81 bits per heavy atom. The number of rotatable bonds is 6. The summed E-state index contributed by atoms with van der Waals surface area (Å²) in [5.74, 6) is 0.660. The van der Waals surface area contributed by atoms with Crippen molar-refractivity contribution in [2.24, 2.45) is 5.92 Å². The van der Waals surface area contributed by atoms with Crippen molar-refractivity contribution in [3.63, 3.8) is 0 Å². The normalized spacial score (nSPS) is 17.5. The van der Waals surface area contributed by atoms with Gasteiger partial charge in [-0.3, -0.25) is 4.90 Å². The third-order valence-electron chi connectivity index (χ3n) is 4.48.